The molecule has 22 heavy (non-hydrogen) atoms. The first-order valence-corrected chi connectivity index (χ1v) is 8.83. The quantitative estimate of drug-likeness (QED) is 0.268. The highest BCUT2D eigenvalue weighted by Gasteiger charge is 1.90. The first-order chi connectivity index (χ1) is 8.83. The van der Waals surface area contributed by atoms with Crippen LogP contribution in [0.1, 0.15) is 118 Å². The van der Waals surface area contributed by atoms with E-state index in [1.165, 1.54) is 89.9 Å². The molecule has 144 valence electrons. The zero-order valence-electron chi connectivity index (χ0n) is 16.7. The Bertz CT molecular complexity index is 108. The van der Waals surface area contributed by atoms with Crippen LogP contribution >= 0.6 is 0 Å². The third-order valence-corrected chi connectivity index (χ3v) is 3.41. The van der Waals surface area contributed by atoms with Gasteiger partial charge in [-0.2, -0.15) is 0 Å². The third kappa shape index (κ3) is 50.2. The van der Waals surface area contributed by atoms with Gasteiger partial charge in [0.15, 0.2) is 0 Å². The highest BCUT2D eigenvalue weighted by molar-refractivity contribution is 4.45. The number of unbranched alkanes of at least 4 members (excludes halogenated alkanes) is 12. The van der Waals surface area contributed by atoms with E-state index in [1.54, 1.807) is 0 Å². The maximum atomic E-state index is 2.28. The van der Waals surface area contributed by atoms with Crippen LogP contribution in [0, 0.1) is 0 Å². The first-order valence-electron chi connectivity index (χ1n) is 8.83. The largest absolute Gasteiger partial charge is 0.344 e. The SMILES string of the molecule is CCCCCC.CCCCCCCCCCCC.N.N.N.N. The molecule has 0 aliphatic rings. The van der Waals surface area contributed by atoms with Gasteiger partial charge in [0, 0.05) is 0 Å². The van der Waals surface area contributed by atoms with Gasteiger partial charge < -0.3 is 24.6 Å². The van der Waals surface area contributed by atoms with Gasteiger partial charge in [-0.1, -0.05) is 118 Å². The molecular weight excluding hydrogens is 272 g/mol. The Balaban J connectivity index is -0.0000000565. The molecule has 0 aromatic heterocycles. The fraction of sp³-hybridized carbons (Fsp3) is 1.00. The summed E-state index contributed by atoms with van der Waals surface area (Å²) >= 11 is 0. The average molecular weight is 325 g/mol. The van der Waals surface area contributed by atoms with Crippen molar-refractivity contribution >= 4 is 0 Å². The second-order valence-corrected chi connectivity index (χ2v) is 5.54. The average Bonchev–Trinajstić information content (AvgIpc) is 2.40. The molecule has 0 aliphatic heterocycles. The minimum atomic E-state index is 0. The molecule has 0 rings (SSSR count). The maximum absolute atomic E-state index is 2.28. The van der Waals surface area contributed by atoms with Crippen molar-refractivity contribution in [1.29, 1.82) is 0 Å². The van der Waals surface area contributed by atoms with Crippen LogP contribution in [-0.2, 0) is 0 Å². The lowest BCUT2D eigenvalue weighted by Gasteiger charge is -1.99. The zero-order chi connectivity index (χ0) is 13.9. The van der Waals surface area contributed by atoms with Gasteiger partial charge in [-0.15, -0.1) is 0 Å². The van der Waals surface area contributed by atoms with Crippen LogP contribution in [-0.4, -0.2) is 0 Å². The van der Waals surface area contributed by atoms with E-state index in [4.69, 9.17) is 0 Å². The molecule has 0 heterocycles. The van der Waals surface area contributed by atoms with E-state index in [9.17, 15) is 0 Å². The van der Waals surface area contributed by atoms with Crippen molar-refractivity contribution in [3.63, 3.8) is 0 Å². The van der Waals surface area contributed by atoms with Gasteiger partial charge >= 0.3 is 0 Å². The van der Waals surface area contributed by atoms with Gasteiger partial charge in [-0.3, -0.25) is 0 Å². The Kier molecular flexibility index (Phi) is 73.6. The number of hydrogen-bond donors (Lipinski definition) is 4. The van der Waals surface area contributed by atoms with Crippen molar-refractivity contribution in [3.05, 3.63) is 0 Å². The minimum absolute atomic E-state index is 0. The van der Waals surface area contributed by atoms with Crippen LogP contribution in [0.25, 0.3) is 0 Å². The van der Waals surface area contributed by atoms with Crippen molar-refractivity contribution in [2.45, 2.75) is 118 Å². The van der Waals surface area contributed by atoms with E-state index < -0.39 is 0 Å². The van der Waals surface area contributed by atoms with Crippen LogP contribution < -0.4 is 24.6 Å². The number of hydrogen-bond acceptors (Lipinski definition) is 4. The molecule has 4 nitrogen and oxygen atoms in total. The molecule has 0 atom stereocenters. The fourth-order valence-electron chi connectivity index (χ4n) is 2.06. The lowest BCUT2D eigenvalue weighted by atomic mass is 10.1. The molecule has 0 aliphatic carbocycles. The molecule has 0 amide bonds. The summed E-state index contributed by atoms with van der Waals surface area (Å²) in [6, 6.07) is 0. The molecule has 0 unspecified atom stereocenters. The molecule has 0 bridgehead atoms. The molecular formula is C18H52N4. The second-order valence-electron chi connectivity index (χ2n) is 5.54. The summed E-state index contributed by atoms with van der Waals surface area (Å²) in [7, 11) is 0. The van der Waals surface area contributed by atoms with Gasteiger partial charge in [-0.05, 0) is 0 Å². The molecule has 0 radical (unpaired) electrons. The van der Waals surface area contributed by atoms with Crippen LogP contribution in [0.5, 0.6) is 0 Å². The Hall–Kier alpha value is -0.160. The normalized spacial score (nSPS) is 8.18. The topological polar surface area (TPSA) is 140 Å². The van der Waals surface area contributed by atoms with E-state index in [-0.39, 0.29) is 24.6 Å². The Morgan fingerprint density at radius 2 is 0.409 bits per heavy atom. The zero-order valence-corrected chi connectivity index (χ0v) is 16.7. The van der Waals surface area contributed by atoms with Gasteiger partial charge in [0.25, 0.3) is 0 Å². The van der Waals surface area contributed by atoms with Gasteiger partial charge in [0.1, 0.15) is 0 Å². The maximum Gasteiger partial charge on any atom is -0.0533 e. The van der Waals surface area contributed by atoms with Crippen molar-refractivity contribution in [2.75, 3.05) is 0 Å². The smallest absolute Gasteiger partial charge is 0.0533 e. The Morgan fingerprint density at radius 3 is 0.591 bits per heavy atom. The fourth-order valence-corrected chi connectivity index (χ4v) is 2.06. The summed E-state index contributed by atoms with van der Waals surface area (Å²) in [5.41, 5.74) is 0. The predicted octanol–water partition coefficient (Wildman–Crippen LogP) is 8.16. The highest BCUT2D eigenvalue weighted by atomic mass is 14.0. The summed E-state index contributed by atoms with van der Waals surface area (Å²) in [6.45, 7) is 9.02. The van der Waals surface area contributed by atoms with Crippen LogP contribution in [0.15, 0.2) is 0 Å². The van der Waals surface area contributed by atoms with Crippen molar-refractivity contribution in [2.24, 2.45) is 0 Å². The van der Waals surface area contributed by atoms with Crippen molar-refractivity contribution in [1.82, 2.24) is 24.6 Å². The number of rotatable bonds is 12. The molecule has 12 N–H and O–H groups in total. The monoisotopic (exact) mass is 324 g/mol. The van der Waals surface area contributed by atoms with Crippen LogP contribution in [0.4, 0.5) is 0 Å². The molecule has 0 fully saturated rings. The summed E-state index contributed by atoms with van der Waals surface area (Å²) < 4.78 is 0. The highest BCUT2D eigenvalue weighted by Crippen LogP contribution is 2.09. The summed E-state index contributed by atoms with van der Waals surface area (Å²) in [5.74, 6) is 0. The molecule has 0 saturated carbocycles. The standard InChI is InChI=1S/C12H26.C6H14.4H3N/c1-3-5-7-9-11-12-10-8-6-4-2;1-3-5-6-4-2;;;;/h3-12H2,1-2H3;3-6H2,1-2H3;4*1H3. The van der Waals surface area contributed by atoms with Crippen LogP contribution in [0.3, 0.4) is 0 Å². The Morgan fingerprint density at radius 1 is 0.273 bits per heavy atom. The van der Waals surface area contributed by atoms with Crippen molar-refractivity contribution < 1.29 is 0 Å². The lowest BCUT2D eigenvalue weighted by Crippen LogP contribution is -1.80. The minimum Gasteiger partial charge on any atom is -0.344 e. The molecule has 0 spiro atoms. The van der Waals surface area contributed by atoms with E-state index in [2.05, 4.69) is 27.7 Å². The summed E-state index contributed by atoms with van der Waals surface area (Å²) in [4.78, 5) is 0. The molecule has 0 aromatic carbocycles. The second kappa shape index (κ2) is 42.8. The van der Waals surface area contributed by atoms with Crippen LogP contribution in [0.2, 0.25) is 0 Å². The van der Waals surface area contributed by atoms with E-state index in [0.29, 0.717) is 0 Å². The summed E-state index contributed by atoms with van der Waals surface area (Å²) in [6.07, 6.45) is 20.0. The lowest BCUT2D eigenvalue weighted by molar-refractivity contribution is 0.562. The van der Waals surface area contributed by atoms with Gasteiger partial charge in [0.2, 0.25) is 0 Å². The third-order valence-electron chi connectivity index (χ3n) is 3.41. The summed E-state index contributed by atoms with van der Waals surface area (Å²) in [5, 5.41) is 0. The molecule has 4 heteroatoms. The van der Waals surface area contributed by atoms with E-state index in [0.717, 1.165) is 0 Å². The Labute approximate surface area is 142 Å². The van der Waals surface area contributed by atoms with Crippen molar-refractivity contribution in [3.8, 4) is 0 Å². The van der Waals surface area contributed by atoms with E-state index >= 15 is 0 Å². The van der Waals surface area contributed by atoms with Gasteiger partial charge in [0.05, 0.1) is 0 Å². The molecule has 0 aromatic rings. The predicted molar refractivity (Wildman–Crippen MR) is 107 cm³/mol. The van der Waals surface area contributed by atoms with E-state index in [1.807, 2.05) is 0 Å². The van der Waals surface area contributed by atoms with Gasteiger partial charge in [-0.25, -0.2) is 0 Å². The molecule has 0 saturated heterocycles. The first kappa shape index (κ1) is 37.8.